The number of sulfonamides is 1. The summed E-state index contributed by atoms with van der Waals surface area (Å²) in [5.41, 5.74) is 0.386. The van der Waals surface area contributed by atoms with E-state index in [0.717, 1.165) is 12.8 Å². The molecule has 3 N–H and O–H groups in total. The van der Waals surface area contributed by atoms with Gasteiger partial charge in [0.25, 0.3) is 5.91 Å². The Bertz CT molecular complexity index is 710. The molecule has 8 heteroatoms. The summed E-state index contributed by atoms with van der Waals surface area (Å²) in [4.78, 5) is 23.2. The molecule has 0 spiro atoms. The van der Waals surface area contributed by atoms with E-state index in [1.165, 1.54) is 24.3 Å². The molecule has 124 valence electrons. The molecule has 2 rings (SSSR count). The van der Waals surface area contributed by atoms with Crippen molar-refractivity contribution in [2.75, 3.05) is 11.9 Å². The number of primary sulfonamides is 1. The second-order valence-electron chi connectivity index (χ2n) is 5.25. The lowest BCUT2D eigenvalue weighted by Crippen LogP contribution is -2.21. The zero-order valence-corrected chi connectivity index (χ0v) is 13.2. The molecule has 0 heterocycles. The Morgan fingerprint density at radius 3 is 2.52 bits per heavy atom. The van der Waals surface area contributed by atoms with Crippen LogP contribution in [0.1, 0.15) is 19.3 Å². The van der Waals surface area contributed by atoms with Crippen molar-refractivity contribution in [3.8, 4) is 0 Å². The van der Waals surface area contributed by atoms with Crippen molar-refractivity contribution in [1.82, 2.24) is 0 Å². The Balaban J connectivity index is 1.78. The standard InChI is InChI=1S/C15H18N2O5S/c16-23(20,21)13-7-5-12(6-8-13)17-14(18)10-22-15(19)9-11-3-1-2-4-11/h1,3,5-8,11H,2,4,9-10H2,(H,17,18)(H2,16,20,21)/t11-/m1/s1. The number of carbonyl (C=O) groups excluding carboxylic acids is 2. The van der Waals surface area contributed by atoms with Crippen LogP contribution in [0.3, 0.4) is 0 Å². The molecular weight excluding hydrogens is 320 g/mol. The fraction of sp³-hybridized carbons (Fsp3) is 0.333. The predicted octanol–water partition coefficient (Wildman–Crippen LogP) is 1.17. The van der Waals surface area contributed by atoms with Crippen molar-refractivity contribution in [2.45, 2.75) is 24.2 Å². The first-order chi connectivity index (χ1) is 10.8. The summed E-state index contributed by atoms with van der Waals surface area (Å²) < 4.78 is 27.1. The SMILES string of the molecule is NS(=O)(=O)c1ccc(NC(=O)COC(=O)C[C@@H]2C=CCC2)cc1. The van der Waals surface area contributed by atoms with Crippen LogP contribution in [0.25, 0.3) is 0 Å². The maximum atomic E-state index is 11.7. The van der Waals surface area contributed by atoms with Crippen molar-refractivity contribution >= 4 is 27.6 Å². The number of benzene rings is 1. The van der Waals surface area contributed by atoms with Gasteiger partial charge in [0.05, 0.1) is 11.3 Å². The molecule has 0 unspecified atom stereocenters. The molecular formula is C15H18N2O5S. The number of nitrogens with two attached hydrogens (primary N) is 1. The average Bonchev–Trinajstić information content (AvgIpc) is 2.98. The fourth-order valence-electron chi connectivity index (χ4n) is 2.21. The Morgan fingerprint density at radius 1 is 1.26 bits per heavy atom. The largest absolute Gasteiger partial charge is 0.456 e. The van der Waals surface area contributed by atoms with Gasteiger partial charge >= 0.3 is 5.97 Å². The van der Waals surface area contributed by atoms with E-state index in [0.29, 0.717) is 5.69 Å². The van der Waals surface area contributed by atoms with Crippen LogP contribution in [-0.4, -0.2) is 26.9 Å². The lowest BCUT2D eigenvalue weighted by atomic mass is 10.1. The summed E-state index contributed by atoms with van der Waals surface area (Å²) in [5, 5.41) is 7.48. The van der Waals surface area contributed by atoms with Gasteiger partial charge in [-0.1, -0.05) is 12.2 Å². The molecule has 1 atom stereocenters. The summed E-state index contributed by atoms with van der Waals surface area (Å²) in [6, 6.07) is 5.37. The van der Waals surface area contributed by atoms with Gasteiger partial charge in [0.1, 0.15) is 0 Å². The minimum absolute atomic E-state index is 0.0495. The minimum atomic E-state index is -3.77. The quantitative estimate of drug-likeness (QED) is 0.597. The third-order valence-corrected chi connectivity index (χ3v) is 4.30. The predicted molar refractivity (Wildman–Crippen MR) is 83.9 cm³/mol. The van der Waals surface area contributed by atoms with Crippen LogP contribution < -0.4 is 10.5 Å². The summed E-state index contributed by atoms with van der Waals surface area (Å²) in [7, 11) is -3.77. The van der Waals surface area contributed by atoms with E-state index < -0.39 is 21.9 Å². The summed E-state index contributed by atoms with van der Waals surface area (Å²) in [5.74, 6) is -0.721. The van der Waals surface area contributed by atoms with Crippen molar-refractivity contribution in [3.05, 3.63) is 36.4 Å². The van der Waals surface area contributed by atoms with Gasteiger partial charge in [0, 0.05) is 5.69 Å². The van der Waals surface area contributed by atoms with Gasteiger partial charge in [0.15, 0.2) is 6.61 Å². The molecule has 0 aliphatic heterocycles. The van der Waals surface area contributed by atoms with E-state index in [-0.39, 0.29) is 23.8 Å². The Labute approximate surface area is 134 Å². The molecule has 1 aromatic carbocycles. The molecule has 23 heavy (non-hydrogen) atoms. The molecule has 0 fully saturated rings. The van der Waals surface area contributed by atoms with Gasteiger partial charge in [-0.15, -0.1) is 0 Å². The maximum Gasteiger partial charge on any atom is 0.306 e. The first kappa shape index (κ1) is 17.2. The average molecular weight is 338 g/mol. The number of ether oxygens (including phenoxy) is 1. The van der Waals surface area contributed by atoms with E-state index in [2.05, 4.69) is 5.32 Å². The van der Waals surface area contributed by atoms with Gasteiger partial charge in [-0.05, 0) is 43.0 Å². The van der Waals surface area contributed by atoms with Gasteiger partial charge < -0.3 is 10.1 Å². The molecule has 0 saturated heterocycles. The Kier molecular flexibility index (Phi) is 5.51. The first-order valence-electron chi connectivity index (χ1n) is 7.09. The topological polar surface area (TPSA) is 116 Å². The van der Waals surface area contributed by atoms with Crippen molar-refractivity contribution in [1.29, 1.82) is 0 Å². The highest BCUT2D eigenvalue weighted by molar-refractivity contribution is 7.89. The van der Waals surface area contributed by atoms with E-state index >= 15 is 0 Å². The number of hydrogen-bond donors (Lipinski definition) is 2. The maximum absolute atomic E-state index is 11.7. The van der Waals surface area contributed by atoms with Crippen LogP contribution in [0.2, 0.25) is 0 Å². The number of nitrogens with one attached hydrogen (secondary N) is 1. The van der Waals surface area contributed by atoms with Crippen LogP contribution >= 0.6 is 0 Å². The van der Waals surface area contributed by atoms with Crippen LogP contribution in [0.15, 0.2) is 41.3 Å². The van der Waals surface area contributed by atoms with Crippen molar-refractivity contribution in [3.63, 3.8) is 0 Å². The van der Waals surface area contributed by atoms with E-state index in [9.17, 15) is 18.0 Å². The number of hydrogen-bond acceptors (Lipinski definition) is 5. The summed E-state index contributed by atoms with van der Waals surface area (Å²) in [6.45, 7) is -0.383. The number of allylic oxidation sites excluding steroid dienone is 2. The normalized spacial score (nSPS) is 17.0. The molecule has 0 radical (unpaired) electrons. The van der Waals surface area contributed by atoms with Crippen LogP contribution in [0.5, 0.6) is 0 Å². The first-order valence-corrected chi connectivity index (χ1v) is 8.64. The number of anilines is 1. The zero-order valence-electron chi connectivity index (χ0n) is 12.4. The smallest absolute Gasteiger partial charge is 0.306 e. The van der Waals surface area contributed by atoms with Gasteiger partial charge in [-0.25, -0.2) is 13.6 Å². The number of amides is 1. The van der Waals surface area contributed by atoms with Crippen LogP contribution in [0, 0.1) is 5.92 Å². The summed E-state index contributed by atoms with van der Waals surface area (Å²) >= 11 is 0. The minimum Gasteiger partial charge on any atom is -0.456 e. The second-order valence-corrected chi connectivity index (χ2v) is 6.81. The van der Waals surface area contributed by atoms with E-state index in [4.69, 9.17) is 9.88 Å². The number of rotatable bonds is 6. The third kappa shape index (κ3) is 5.50. The number of carbonyl (C=O) groups is 2. The molecule has 1 aromatic rings. The highest BCUT2D eigenvalue weighted by Crippen LogP contribution is 2.20. The monoisotopic (exact) mass is 338 g/mol. The molecule has 7 nitrogen and oxygen atoms in total. The fourth-order valence-corrected chi connectivity index (χ4v) is 2.72. The van der Waals surface area contributed by atoms with E-state index in [1.54, 1.807) is 0 Å². The van der Waals surface area contributed by atoms with Crippen LogP contribution in [0.4, 0.5) is 5.69 Å². The molecule has 0 saturated carbocycles. The molecule has 1 aliphatic carbocycles. The third-order valence-electron chi connectivity index (χ3n) is 3.37. The van der Waals surface area contributed by atoms with E-state index in [1.807, 2.05) is 12.2 Å². The van der Waals surface area contributed by atoms with Gasteiger partial charge in [-0.2, -0.15) is 0 Å². The lowest BCUT2D eigenvalue weighted by molar-refractivity contribution is -0.147. The van der Waals surface area contributed by atoms with Crippen molar-refractivity contribution < 1.29 is 22.7 Å². The highest BCUT2D eigenvalue weighted by atomic mass is 32.2. The number of esters is 1. The molecule has 1 aliphatic rings. The van der Waals surface area contributed by atoms with Crippen LogP contribution in [-0.2, 0) is 24.3 Å². The van der Waals surface area contributed by atoms with Crippen molar-refractivity contribution in [2.24, 2.45) is 11.1 Å². The second kappa shape index (κ2) is 7.38. The molecule has 1 amide bonds. The molecule has 0 bridgehead atoms. The molecule has 0 aromatic heterocycles. The lowest BCUT2D eigenvalue weighted by Gasteiger charge is -2.09. The van der Waals surface area contributed by atoms with Gasteiger partial charge in [-0.3, -0.25) is 9.59 Å². The Hall–Kier alpha value is -2.19. The zero-order chi connectivity index (χ0) is 16.9. The Morgan fingerprint density at radius 2 is 1.96 bits per heavy atom. The highest BCUT2D eigenvalue weighted by Gasteiger charge is 2.16. The summed E-state index contributed by atoms with van der Waals surface area (Å²) in [6.07, 6.45) is 6.17. The van der Waals surface area contributed by atoms with Gasteiger partial charge in [0.2, 0.25) is 10.0 Å².